The topological polar surface area (TPSA) is 36.3 Å². The van der Waals surface area contributed by atoms with E-state index in [4.69, 9.17) is 9.47 Å². The Labute approximate surface area is 172 Å². The molecule has 29 heavy (non-hydrogen) atoms. The summed E-state index contributed by atoms with van der Waals surface area (Å²) in [5, 5.41) is 4.00. The maximum absolute atomic E-state index is 5.41. The first-order valence-corrected chi connectivity index (χ1v) is 11.8. The highest BCUT2D eigenvalue weighted by atomic mass is 28.3. The Hall–Kier alpha value is -3.31. The van der Waals surface area contributed by atoms with Crippen molar-refractivity contribution in [1.29, 1.82) is 0 Å². The molecular formula is C24H24N2O2Si. The van der Waals surface area contributed by atoms with Crippen LogP contribution in [0.1, 0.15) is 0 Å². The quantitative estimate of drug-likeness (QED) is 0.353. The van der Waals surface area contributed by atoms with E-state index in [1.807, 2.05) is 18.7 Å². The van der Waals surface area contributed by atoms with Gasteiger partial charge in [0.2, 0.25) is 0 Å². The molecule has 4 aromatic rings. The van der Waals surface area contributed by atoms with Gasteiger partial charge in [-0.05, 0) is 39.8 Å². The SMILES string of the molecule is COc1ccc([Si](Cn2ccnc2)(c2ccccc2)c2ccc(OC)cc2)cc1. The number of imidazole rings is 1. The summed E-state index contributed by atoms with van der Waals surface area (Å²) >= 11 is 0. The fourth-order valence-electron chi connectivity index (χ4n) is 3.90. The highest BCUT2D eigenvalue weighted by Gasteiger charge is 2.40. The molecule has 146 valence electrons. The lowest BCUT2D eigenvalue weighted by molar-refractivity contribution is 0.415. The Balaban J connectivity index is 1.97. The summed E-state index contributed by atoms with van der Waals surface area (Å²) in [7, 11) is 1.01. The molecule has 0 radical (unpaired) electrons. The van der Waals surface area contributed by atoms with Crippen LogP contribution in [0.5, 0.6) is 11.5 Å². The maximum Gasteiger partial charge on any atom is 0.168 e. The zero-order valence-electron chi connectivity index (χ0n) is 16.7. The molecule has 0 aliphatic carbocycles. The monoisotopic (exact) mass is 400 g/mol. The predicted molar refractivity (Wildman–Crippen MR) is 119 cm³/mol. The zero-order chi connectivity index (χ0) is 20.1. The number of rotatable bonds is 7. The largest absolute Gasteiger partial charge is 0.497 e. The van der Waals surface area contributed by atoms with Crippen molar-refractivity contribution in [3.63, 3.8) is 0 Å². The van der Waals surface area contributed by atoms with Gasteiger partial charge in [0.1, 0.15) is 11.5 Å². The molecule has 0 bridgehead atoms. The molecule has 4 nitrogen and oxygen atoms in total. The summed E-state index contributed by atoms with van der Waals surface area (Å²) in [6.07, 6.45) is 6.64. The molecule has 0 fully saturated rings. The van der Waals surface area contributed by atoms with E-state index in [0.29, 0.717) is 0 Å². The van der Waals surface area contributed by atoms with Gasteiger partial charge < -0.3 is 14.0 Å². The van der Waals surface area contributed by atoms with Crippen molar-refractivity contribution < 1.29 is 9.47 Å². The fourth-order valence-corrected chi connectivity index (χ4v) is 8.42. The second kappa shape index (κ2) is 8.37. The molecular weight excluding hydrogens is 376 g/mol. The molecule has 1 aromatic heterocycles. The van der Waals surface area contributed by atoms with Crippen molar-refractivity contribution in [2.75, 3.05) is 14.2 Å². The van der Waals surface area contributed by atoms with Gasteiger partial charge in [-0.25, -0.2) is 4.98 Å². The molecule has 0 aliphatic heterocycles. The molecule has 0 N–H and O–H groups in total. The van der Waals surface area contributed by atoms with E-state index >= 15 is 0 Å². The molecule has 4 rings (SSSR count). The van der Waals surface area contributed by atoms with E-state index in [2.05, 4.69) is 88.4 Å². The normalized spacial score (nSPS) is 11.2. The van der Waals surface area contributed by atoms with Crippen LogP contribution < -0.4 is 25.0 Å². The second-order valence-electron chi connectivity index (χ2n) is 6.96. The van der Waals surface area contributed by atoms with Crippen LogP contribution in [0.25, 0.3) is 0 Å². The zero-order valence-corrected chi connectivity index (χ0v) is 17.7. The van der Waals surface area contributed by atoms with E-state index in [9.17, 15) is 0 Å². The molecule has 0 aliphatic rings. The number of ether oxygens (including phenoxy) is 2. The second-order valence-corrected chi connectivity index (χ2v) is 10.8. The van der Waals surface area contributed by atoms with Gasteiger partial charge in [-0.15, -0.1) is 0 Å². The Bertz CT molecular complexity index is 983. The third kappa shape index (κ3) is 3.69. The van der Waals surface area contributed by atoms with Crippen molar-refractivity contribution in [3.8, 4) is 11.5 Å². The third-order valence-corrected chi connectivity index (χ3v) is 10.2. The summed E-state index contributed by atoms with van der Waals surface area (Å²) in [4.78, 5) is 4.29. The van der Waals surface area contributed by atoms with Crippen LogP contribution in [0.2, 0.25) is 0 Å². The van der Waals surface area contributed by atoms with Crippen molar-refractivity contribution in [2.24, 2.45) is 0 Å². The molecule has 0 saturated carbocycles. The van der Waals surface area contributed by atoms with Crippen molar-refractivity contribution >= 4 is 23.6 Å². The van der Waals surface area contributed by atoms with Gasteiger partial charge in [-0.1, -0.05) is 54.6 Å². The smallest absolute Gasteiger partial charge is 0.168 e. The number of nitrogens with zero attached hydrogens (tertiary/aromatic N) is 2. The van der Waals surface area contributed by atoms with Gasteiger partial charge in [0.25, 0.3) is 0 Å². The summed E-state index contributed by atoms with van der Waals surface area (Å²) in [6.45, 7) is 0. The van der Waals surface area contributed by atoms with E-state index < -0.39 is 8.07 Å². The highest BCUT2D eigenvalue weighted by Crippen LogP contribution is 2.16. The number of aromatic nitrogens is 2. The lowest BCUT2D eigenvalue weighted by Crippen LogP contribution is -2.69. The van der Waals surface area contributed by atoms with E-state index in [1.54, 1.807) is 14.2 Å². The van der Waals surface area contributed by atoms with Gasteiger partial charge in [0, 0.05) is 18.6 Å². The van der Waals surface area contributed by atoms with Gasteiger partial charge >= 0.3 is 0 Å². The van der Waals surface area contributed by atoms with Crippen LogP contribution in [0.15, 0.2) is 97.6 Å². The highest BCUT2D eigenvalue weighted by molar-refractivity contribution is 7.10. The minimum atomic E-state index is -2.39. The first-order valence-electron chi connectivity index (χ1n) is 9.56. The minimum absolute atomic E-state index is 0.857. The van der Waals surface area contributed by atoms with Crippen LogP contribution in [0, 0.1) is 0 Å². The van der Waals surface area contributed by atoms with Crippen LogP contribution >= 0.6 is 0 Å². The molecule has 0 atom stereocenters. The van der Waals surface area contributed by atoms with E-state index in [-0.39, 0.29) is 0 Å². The fraction of sp³-hybridized carbons (Fsp3) is 0.125. The maximum atomic E-state index is 5.41. The lowest BCUT2D eigenvalue weighted by Gasteiger charge is -2.34. The molecule has 5 heteroatoms. The molecule has 0 spiro atoms. The number of hydrogen-bond donors (Lipinski definition) is 0. The van der Waals surface area contributed by atoms with Gasteiger partial charge in [-0.3, -0.25) is 0 Å². The Morgan fingerprint density at radius 1 is 0.724 bits per heavy atom. The molecule has 1 heterocycles. The molecule has 0 amide bonds. The van der Waals surface area contributed by atoms with Crippen LogP contribution in [0.4, 0.5) is 0 Å². The van der Waals surface area contributed by atoms with E-state index in [1.165, 1.54) is 15.6 Å². The number of benzene rings is 3. The van der Waals surface area contributed by atoms with Crippen LogP contribution in [0.3, 0.4) is 0 Å². The average molecular weight is 401 g/mol. The van der Waals surface area contributed by atoms with Crippen LogP contribution in [-0.2, 0) is 6.17 Å². The predicted octanol–water partition coefficient (Wildman–Crippen LogP) is 2.61. The molecule has 3 aromatic carbocycles. The summed E-state index contributed by atoms with van der Waals surface area (Å²) in [6, 6.07) is 27.9. The third-order valence-electron chi connectivity index (χ3n) is 5.41. The van der Waals surface area contributed by atoms with Crippen molar-refractivity contribution in [1.82, 2.24) is 9.55 Å². The first-order chi connectivity index (χ1) is 14.3. The van der Waals surface area contributed by atoms with E-state index in [0.717, 1.165) is 17.7 Å². The number of methoxy groups -OCH3 is 2. The van der Waals surface area contributed by atoms with Crippen molar-refractivity contribution in [3.05, 3.63) is 97.6 Å². The van der Waals surface area contributed by atoms with Gasteiger partial charge in [0.15, 0.2) is 8.07 Å². The number of hydrogen-bond acceptors (Lipinski definition) is 3. The average Bonchev–Trinajstić information content (AvgIpc) is 3.31. The first kappa shape index (κ1) is 19.0. The standard InChI is InChI=1S/C24H24N2O2Si/c1-27-20-8-12-23(13-9-20)29(19-26-17-16-25-18-26,22-6-4-3-5-7-22)24-14-10-21(28-2)11-15-24/h3-18H,19H2,1-2H3. The van der Waals surface area contributed by atoms with Crippen LogP contribution in [-0.4, -0.2) is 31.8 Å². The molecule has 0 saturated heterocycles. The Morgan fingerprint density at radius 2 is 1.24 bits per heavy atom. The lowest BCUT2D eigenvalue weighted by atomic mass is 10.3. The van der Waals surface area contributed by atoms with Gasteiger partial charge in [-0.2, -0.15) is 0 Å². The summed E-state index contributed by atoms with van der Waals surface area (Å²) < 4.78 is 13.0. The summed E-state index contributed by atoms with van der Waals surface area (Å²) in [5.74, 6) is 1.73. The van der Waals surface area contributed by atoms with Gasteiger partial charge in [0.05, 0.1) is 20.5 Å². The Morgan fingerprint density at radius 3 is 1.69 bits per heavy atom. The minimum Gasteiger partial charge on any atom is -0.497 e. The Kier molecular flexibility index (Phi) is 5.49. The molecule has 0 unspecified atom stereocenters. The summed E-state index contributed by atoms with van der Waals surface area (Å²) in [5.41, 5.74) is 0. The van der Waals surface area contributed by atoms with Crippen molar-refractivity contribution in [2.45, 2.75) is 6.17 Å².